The number of hydrogen-bond acceptors (Lipinski definition) is 7. The minimum atomic E-state index is -1.19. The lowest BCUT2D eigenvalue weighted by atomic mass is 10.1. The van der Waals surface area contributed by atoms with Crippen molar-refractivity contribution in [3.8, 4) is 11.5 Å². The largest absolute Gasteiger partial charge is 0.490 e. The predicted octanol–water partition coefficient (Wildman–Crippen LogP) is 4.71. The number of ether oxygens (including phenoxy) is 3. The van der Waals surface area contributed by atoms with Crippen molar-refractivity contribution < 1.29 is 28.3 Å². The zero-order valence-corrected chi connectivity index (χ0v) is 18.3. The first-order valence-electron chi connectivity index (χ1n) is 10.4. The van der Waals surface area contributed by atoms with Crippen molar-refractivity contribution >= 4 is 17.7 Å². The lowest BCUT2D eigenvalue weighted by molar-refractivity contribution is -0.125. The number of amides is 1. The average molecular weight is 438 g/mol. The minimum absolute atomic E-state index is 0.237. The number of anilines is 1. The number of aromatic nitrogens is 1. The fourth-order valence-electron chi connectivity index (χ4n) is 2.93. The number of aryl methyl sites for hydroxylation is 1. The van der Waals surface area contributed by atoms with Crippen molar-refractivity contribution in [2.24, 2.45) is 0 Å². The van der Waals surface area contributed by atoms with Gasteiger partial charge in [0.1, 0.15) is 5.76 Å². The van der Waals surface area contributed by atoms with Gasteiger partial charge in [-0.25, -0.2) is 4.79 Å². The molecule has 3 rings (SSSR count). The zero-order valence-electron chi connectivity index (χ0n) is 18.3. The van der Waals surface area contributed by atoms with Crippen LogP contribution in [0.1, 0.15) is 48.1 Å². The fraction of sp³-hybridized carbons (Fsp3) is 0.292. The van der Waals surface area contributed by atoms with Gasteiger partial charge < -0.3 is 24.1 Å². The summed E-state index contributed by atoms with van der Waals surface area (Å²) in [6.07, 6.45) is -0.346. The van der Waals surface area contributed by atoms with Crippen LogP contribution in [0.2, 0.25) is 0 Å². The summed E-state index contributed by atoms with van der Waals surface area (Å²) in [5, 5.41) is 6.37. The Morgan fingerprint density at radius 1 is 1.03 bits per heavy atom. The van der Waals surface area contributed by atoms with Gasteiger partial charge in [0.2, 0.25) is 6.10 Å². The Kier molecular flexibility index (Phi) is 7.85. The van der Waals surface area contributed by atoms with Crippen molar-refractivity contribution in [2.75, 3.05) is 18.5 Å². The molecule has 0 radical (unpaired) electrons. The summed E-state index contributed by atoms with van der Waals surface area (Å²) in [4.78, 5) is 25.9. The molecule has 1 amide bonds. The number of nitrogens with one attached hydrogen (secondary N) is 1. The van der Waals surface area contributed by atoms with Gasteiger partial charge in [0.15, 0.2) is 17.3 Å². The number of esters is 1. The maximum Gasteiger partial charge on any atom is 0.339 e. The van der Waals surface area contributed by atoms with Gasteiger partial charge in [0.05, 0.1) is 18.8 Å². The second-order valence-electron chi connectivity index (χ2n) is 6.95. The van der Waals surface area contributed by atoms with Crippen LogP contribution in [0.5, 0.6) is 11.5 Å². The summed E-state index contributed by atoms with van der Waals surface area (Å²) in [5.41, 5.74) is 0.759. The molecule has 0 bridgehead atoms. The first kappa shape index (κ1) is 22.9. The summed E-state index contributed by atoms with van der Waals surface area (Å²) in [7, 11) is 0. The molecule has 1 unspecified atom stereocenters. The minimum Gasteiger partial charge on any atom is -0.490 e. The second kappa shape index (κ2) is 11.0. The summed E-state index contributed by atoms with van der Waals surface area (Å²) in [6.45, 7) is 6.49. The number of hydrogen-bond donors (Lipinski definition) is 1. The number of rotatable bonds is 10. The number of nitrogens with zero attached hydrogens (tertiary/aromatic N) is 1. The Labute approximate surface area is 186 Å². The highest BCUT2D eigenvalue weighted by Gasteiger charge is 2.27. The third kappa shape index (κ3) is 5.87. The van der Waals surface area contributed by atoms with Gasteiger partial charge in [-0.15, -0.1) is 0 Å². The first-order chi connectivity index (χ1) is 15.5. The Morgan fingerprint density at radius 2 is 1.81 bits per heavy atom. The molecule has 1 atom stereocenters. The van der Waals surface area contributed by atoms with Crippen LogP contribution in [0.25, 0.3) is 0 Å². The third-order valence-electron chi connectivity index (χ3n) is 4.39. The van der Waals surface area contributed by atoms with Gasteiger partial charge >= 0.3 is 5.97 Å². The van der Waals surface area contributed by atoms with Gasteiger partial charge in [-0.2, -0.15) is 0 Å². The molecule has 1 aromatic heterocycles. The van der Waals surface area contributed by atoms with E-state index in [1.54, 1.807) is 55.5 Å². The Balaban J connectivity index is 1.83. The van der Waals surface area contributed by atoms with Crippen LogP contribution in [0.4, 0.5) is 5.82 Å². The van der Waals surface area contributed by atoms with Crippen LogP contribution < -0.4 is 14.8 Å². The molecule has 0 aliphatic rings. The Hall–Kier alpha value is -3.81. The predicted molar refractivity (Wildman–Crippen MR) is 118 cm³/mol. The van der Waals surface area contributed by atoms with Crippen LogP contribution in [0.15, 0.2) is 59.1 Å². The number of carbonyl (C=O) groups is 2. The van der Waals surface area contributed by atoms with Crippen LogP contribution in [-0.4, -0.2) is 30.2 Å². The van der Waals surface area contributed by atoms with E-state index in [1.807, 2.05) is 19.9 Å². The van der Waals surface area contributed by atoms with E-state index in [0.717, 1.165) is 6.42 Å². The molecule has 168 valence electrons. The van der Waals surface area contributed by atoms with E-state index in [-0.39, 0.29) is 11.4 Å². The molecular formula is C24H26N2O6. The van der Waals surface area contributed by atoms with Gasteiger partial charge in [-0.3, -0.25) is 4.79 Å². The van der Waals surface area contributed by atoms with Crippen LogP contribution in [0.3, 0.4) is 0 Å². The van der Waals surface area contributed by atoms with E-state index in [1.165, 1.54) is 0 Å². The summed E-state index contributed by atoms with van der Waals surface area (Å²) >= 11 is 0. The van der Waals surface area contributed by atoms with E-state index in [9.17, 15) is 9.59 Å². The Bertz CT molecular complexity index is 1050. The third-order valence-corrected chi connectivity index (χ3v) is 4.39. The van der Waals surface area contributed by atoms with Gasteiger partial charge in [0.25, 0.3) is 5.91 Å². The van der Waals surface area contributed by atoms with Crippen molar-refractivity contribution in [1.82, 2.24) is 5.16 Å². The van der Waals surface area contributed by atoms with Crippen LogP contribution in [0, 0.1) is 6.92 Å². The average Bonchev–Trinajstić information content (AvgIpc) is 3.21. The van der Waals surface area contributed by atoms with Crippen molar-refractivity contribution in [3.05, 3.63) is 71.5 Å². The molecule has 0 aliphatic carbocycles. The van der Waals surface area contributed by atoms with Crippen molar-refractivity contribution in [3.63, 3.8) is 0 Å². The van der Waals surface area contributed by atoms with E-state index >= 15 is 0 Å². The quantitative estimate of drug-likeness (QED) is 0.458. The maximum atomic E-state index is 12.9. The molecule has 0 spiro atoms. The highest BCUT2D eigenvalue weighted by molar-refractivity contribution is 5.97. The molecule has 8 heteroatoms. The highest BCUT2D eigenvalue weighted by Crippen LogP contribution is 2.30. The molecule has 8 nitrogen and oxygen atoms in total. The molecule has 0 aliphatic heterocycles. The smallest absolute Gasteiger partial charge is 0.339 e. The molecule has 0 saturated heterocycles. The fourth-order valence-corrected chi connectivity index (χ4v) is 2.93. The van der Waals surface area contributed by atoms with E-state index in [2.05, 4.69) is 10.5 Å². The number of carbonyl (C=O) groups excluding carboxylic acids is 2. The van der Waals surface area contributed by atoms with Crippen molar-refractivity contribution in [1.29, 1.82) is 0 Å². The van der Waals surface area contributed by atoms with Gasteiger partial charge in [-0.1, -0.05) is 42.4 Å². The molecule has 0 fully saturated rings. The van der Waals surface area contributed by atoms with Crippen molar-refractivity contribution in [2.45, 2.75) is 33.3 Å². The van der Waals surface area contributed by atoms with Gasteiger partial charge in [0, 0.05) is 11.6 Å². The second-order valence-corrected chi connectivity index (χ2v) is 6.95. The topological polar surface area (TPSA) is 99.9 Å². The standard InChI is InChI=1S/C24H26N2O6/c1-4-13-30-19-12-11-18(15-20(19)29-5-2)24(28)31-22(17-9-7-6-8-10-17)23(27)25-21-14-16(3)32-26-21/h6-12,14-15,22H,4-5,13H2,1-3H3,(H,25,26,27). The Morgan fingerprint density at radius 3 is 2.47 bits per heavy atom. The van der Waals surface area contributed by atoms with E-state index in [0.29, 0.717) is 36.0 Å². The molecule has 1 heterocycles. The summed E-state index contributed by atoms with van der Waals surface area (Å²) in [6, 6.07) is 15.1. The lowest BCUT2D eigenvalue weighted by Crippen LogP contribution is -2.26. The zero-order chi connectivity index (χ0) is 22.9. The monoisotopic (exact) mass is 438 g/mol. The highest BCUT2D eigenvalue weighted by atomic mass is 16.5. The van der Waals surface area contributed by atoms with E-state index < -0.39 is 18.0 Å². The molecular weight excluding hydrogens is 412 g/mol. The molecule has 32 heavy (non-hydrogen) atoms. The van der Waals surface area contributed by atoms with Gasteiger partial charge in [-0.05, 0) is 38.5 Å². The molecule has 1 N–H and O–H groups in total. The first-order valence-corrected chi connectivity index (χ1v) is 10.4. The maximum absolute atomic E-state index is 12.9. The normalized spacial score (nSPS) is 11.5. The summed E-state index contributed by atoms with van der Waals surface area (Å²) < 4.78 is 21.9. The SMILES string of the molecule is CCCOc1ccc(C(=O)OC(C(=O)Nc2cc(C)on2)c2ccccc2)cc1OCC. The van der Waals surface area contributed by atoms with E-state index in [4.69, 9.17) is 18.7 Å². The molecule has 2 aromatic carbocycles. The lowest BCUT2D eigenvalue weighted by Gasteiger charge is -2.18. The van der Waals surface area contributed by atoms with Crippen LogP contribution in [-0.2, 0) is 9.53 Å². The number of benzene rings is 2. The molecule has 0 saturated carbocycles. The summed E-state index contributed by atoms with van der Waals surface area (Å²) in [5.74, 6) is 0.542. The molecule has 3 aromatic rings. The van der Waals surface area contributed by atoms with Crippen LogP contribution >= 0.6 is 0 Å².